The summed E-state index contributed by atoms with van der Waals surface area (Å²) >= 11 is 6.12. The number of para-hydroxylation sites is 2. The van der Waals surface area contributed by atoms with E-state index in [0.717, 1.165) is 35.5 Å². The van der Waals surface area contributed by atoms with Crippen LogP contribution in [-0.4, -0.2) is 22.0 Å². The number of hydrogen-bond acceptors (Lipinski definition) is 2. The van der Waals surface area contributed by atoms with Gasteiger partial charge in [-0.25, -0.2) is 4.98 Å². The van der Waals surface area contributed by atoms with Crippen molar-refractivity contribution in [2.24, 2.45) is 5.92 Å². The molecule has 1 aliphatic heterocycles. The van der Waals surface area contributed by atoms with Crippen LogP contribution < -0.4 is 4.90 Å². The number of amides is 1. The van der Waals surface area contributed by atoms with Crippen molar-refractivity contribution in [1.82, 2.24) is 9.55 Å². The Hall–Kier alpha value is -2.33. The minimum atomic E-state index is 0.0907. The Balaban J connectivity index is 1.70. The average Bonchev–Trinajstić information content (AvgIpc) is 3.22. The average molecular weight is 382 g/mol. The molecular formula is C22H24ClN3O. The highest BCUT2D eigenvalue weighted by Crippen LogP contribution is 2.34. The molecule has 2 heterocycles. The second kappa shape index (κ2) is 7.35. The third kappa shape index (κ3) is 3.46. The number of hydrogen-bond donors (Lipinski definition) is 0. The number of aromatic nitrogens is 2. The van der Waals surface area contributed by atoms with Gasteiger partial charge in [-0.2, -0.15) is 0 Å². The molecule has 1 aromatic heterocycles. The lowest BCUT2D eigenvalue weighted by molar-refractivity contribution is -0.117. The lowest BCUT2D eigenvalue weighted by Gasteiger charge is -2.19. The van der Waals surface area contributed by atoms with Crippen molar-refractivity contribution in [3.05, 3.63) is 59.4 Å². The quantitative estimate of drug-likeness (QED) is 0.604. The Morgan fingerprint density at radius 3 is 2.81 bits per heavy atom. The lowest BCUT2D eigenvalue weighted by Crippen LogP contribution is -2.24. The summed E-state index contributed by atoms with van der Waals surface area (Å²) in [5.41, 5.74) is 3.02. The van der Waals surface area contributed by atoms with Gasteiger partial charge in [0.2, 0.25) is 5.91 Å². The molecule has 2 atom stereocenters. The molecule has 0 N–H and O–H groups in total. The summed E-state index contributed by atoms with van der Waals surface area (Å²) in [4.78, 5) is 19.5. The largest absolute Gasteiger partial charge is 0.327 e. The summed E-state index contributed by atoms with van der Waals surface area (Å²) in [5, 5.41) is 0.646. The van der Waals surface area contributed by atoms with Crippen LogP contribution in [0, 0.1) is 5.92 Å². The van der Waals surface area contributed by atoms with Crippen LogP contribution >= 0.6 is 11.6 Å². The molecule has 4 nitrogen and oxygen atoms in total. The van der Waals surface area contributed by atoms with Crippen molar-refractivity contribution in [3.63, 3.8) is 0 Å². The molecule has 1 saturated heterocycles. The zero-order valence-corrected chi connectivity index (χ0v) is 16.5. The zero-order chi connectivity index (χ0) is 19.0. The number of halogens is 1. The number of fused-ring (bicyclic) bond motifs is 1. The second-order valence-corrected chi connectivity index (χ2v) is 7.90. The Kier molecular flexibility index (Phi) is 4.92. The van der Waals surface area contributed by atoms with E-state index < -0.39 is 0 Å². The van der Waals surface area contributed by atoms with E-state index in [4.69, 9.17) is 16.6 Å². The molecule has 1 amide bonds. The van der Waals surface area contributed by atoms with Crippen LogP contribution in [0.5, 0.6) is 0 Å². The molecule has 140 valence electrons. The fourth-order valence-corrected chi connectivity index (χ4v) is 4.00. The molecule has 1 aliphatic rings. The van der Waals surface area contributed by atoms with Gasteiger partial charge in [-0.3, -0.25) is 4.79 Å². The number of imidazole rings is 1. The first-order valence-electron chi connectivity index (χ1n) is 9.58. The monoisotopic (exact) mass is 381 g/mol. The minimum absolute atomic E-state index is 0.0907. The van der Waals surface area contributed by atoms with Crippen LogP contribution in [0.2, 0.25) is 5.02 Å². The van der Waals surface area contributed by atoms with Gasteiger partial charge >= 0.3 is 0 Å². The number of anilines is 1. The maximum atomic E-state index is 12.7. The topological polar surface area (TPSA) is 38.1 Å². The summed E-state index contributed by atoms with van der Waals surface area (Å²) in [7, 11) is 0. The third-order valence-electron chi connectivity index (χ3n) is 5.49. The zero-order valence-electron chi connectivity index (χ0n) is 15.7. The fraction of sp³-hybridized carbons (Fsp3) is 0.364. The predicted molar refractivity (Wildman–Crippen MR) is 110 cm³/mol. The van der Waals surface area contributed by atoms with Crippen molar-refractivity contribution < 1.29 is 4.79 Å². The van der Waals surface area contributed by atoms with Crippen LogP contribution in [0.15, 0.2) is 48.5 Å². The van der Waals surface area contributed by atoms with Crippen LogP contribution in [0.25, 0.3) is 11.0 Å². The van der Waals surface area contributed by atoms with Gasteiger partial charge in [0.25, 0.3) is 0 Å². The van der Waals surface area contributed by atoms with Crippen molar-refractivity contribution in [1.29, 1.82) is 0 Å². The molecule has 0 aliphatic carbocycles. The molecule has 2 unspecified atom stereocenters. The van der Waals surface area contributed by atoms with Crippen molar-refractivity contribution in [3.8, 4) is 0 Å². The fourth-order valence-electron chi connectivity index (χ4n) is 3.81. The first kappa shape index (κ1) is 18.1. The molecule has 1 fully saturated rings. The van der Waals surface area contributed by atoms with E-state index >= 15 is 0 Å². The van der Waals surface area contributed by atoms with Crippen molar-refractivity contribution in [2.45, 2.75) is 39.2 Å². The maximum Gasteiger partial charge on any atom is 0.227 e. The number of rotatable bonds is 5. The van der Waals surface area contributed by atoms with Gasteiger partial charge < -0.3 is 9.47 Å². The number of nitrogens with zero attached hydrogens (tertiary/aromatic N) is 3. The minimum Gasteiger partial charge on any atom is -0.327 e. The van der Waals surface area contributed by atoms with Gasteiger partial charge in [0.1, 0.15) is 5.82 Å². The van der Waals surface area contributed by atoms with Crippen LogP contribution in [-0.2, 0) is 11.3 Å². The Labute approximate surface area is 164 Å². The third-order valence-corrected chi connectivity index (χ3v) is 5.72. The van der Waals surface area contributed by atoms with Gasteiger partial charge in [-0.05, 0) is 36.2 Å². The van der Waals surface area contributed by atoms with Crippen LogP contribution in [0.4, 0.5) is 5.69 Å². The Morgan fingerprint density at radius 1 is 1.22 bits per heavy atom. The van der Waals surface area contributed by atoms with Gasteiger partial charge in [-0.15, -0.1) is 0 Å². The van der Waals surface area contributed by atoms with E-state index in [1.165, 1.54) is 0 Å². The summed E-state index contributed by atoms with van der Waals surface area (Å²) < 4.78 is 2.32. The summed E-state index contributed by atoms with van der Waals surface area (Å²) in [5.74, 6) is 1.80. The van der Waals surface area contributed by atoms with Gasteiger partial charge in [0, 0.05) is 36.1 Å². The molecule has 4 rings (SSSR count). The van der Waals surface area contributed by atoms with Crippen LogP contribution in [0.3, 0.4) is 0 Å². The van der Waals surface area contributed by atoms with Crippen molar-refractivity contribution in [2.75, 3.05) is 11.4 Å². The molecule has 3 aromatic rings. The SMILES string of the molecule is CCC(C)Cn1c(C2CC(=O)N(c3cccc(Cl)c3)C2)nc2ccccc21. The lowest BCUT2D eigenvalue weighted by atomic mass is 10.1. The predicted octanol–water partition coefficient (Wildman–Crippen LogP) is 5.26. The first-order chi connectivity index (χ1) is 13.1. The van der Waals surface area contributed by atoms with Crippen LogP contribution in [0.1, 0.15) is 38.4 Å². The maximum absolute atomic E-state index is 12.7. The second-order valence-electron chi connectivity index (χ2n) is 7.47. The molecular weight excluding hydrogens is 358 g/mol. The normalized spacial score (nSPS) is 18.4. The number of benzene rings is 2. The molecule has 27 heavy (non-hydrogen) atoms. The molecule has 0 bridgehead atoms. The molecule has 5 heteroatoms. The van der Waals surface area contributed by atoms with E-state index in [2.05, 4.69) is 36.6 Å². The van der Waals surface area contributed by atoms with Gasteiger partial charge in [-0.1, -0.05) is 50.1 Å². The molecule has 2 aromatic carbocycles. The standard InChI is InChI=1S/C22H24ClN3O/c1-3-15(2)13-26-20-10-5-4-9-19(20)24-22(26)16-11-21(27)25(14-16)18-8-6-7-17(23)12-18/h4-10,12,15-16H,3,11,13-14H2,1-2H3. The summed E-state index contributed by atoms with van der Waals surface area (Å²) in [6, 6.07) is 15.8. The molecule has 0 radical (unpaired) electrons. The van der Waals surface area contributed by atoms with E-state index in [1.807, 2.05) is 35.2 Å². The van der Waals surface area contributed by atoms with E-state index in [-0.39, 0.29) is 11.8 Å². The summed E-state index contributed by atoms with van der Waals surface area (Å²) in [6.07, 6.45) is 1.60. The Bertz CT molecular complexity index is 981. The number of carbonyl (C=O) groups is 1. The highest BCUT2D eigenvalue weighted by atomic mass is 35.5. The van der Waals surface area contributed by atoms with Gasteiger partial charge in [0.15, 0.2) is 0 Å². The summed E-state index contributed by atoms with van der Waals surface area (Å²) in [6.45, 7) is 6.04. The number of carbonyl (C=O) groups excluding carboxylic acids is 1. The van der Waals surface area contributed by atoms with E-state index in [0.29, 0.717) is 23.9 Å². The van der Waals surface area contributed by atoms with E-state index in [9.17, 15) is 4.79 Å². The van der Waals surface area contributed by atoms with Crippen molar-refractivity contribution >= 4 is 34.2 Å². The first-order valence-corrected chi connectivity index (χ1v) is 9.95. The molecule has 0 spiro atoms. The smallest absolute Gasteiger partial charge is 0.227 e. The highest BCUT2D eigenvalue weighted by molar-refractivity contribution is 6.30. The highest BCUT2D eigenvalue weighted by Gasteiger charge is 2.35. The van der Waals surface area contributed by atoms with E-state index in [1.54, 1.807) is 0 Å². The molecule has 0 saturated carbocycles. The van der Waals surface area contributed by atoms with Gasteiger partial charge in [0.05, 0.1) is 11.0 Å². The Morgan fingerprint density at radius 2 is 2.04 bits per heavy atom.